The fourth-order valence-electron chi connectivity index (χ4n) is 4.74. The van der Waals surface area contributed by atoms with E-state index in [1.165, 1.54) is 0 Å². The van der Waals surface area contributed by atoms with Gasteiger partial charge < -0.3 is 19.7 Å². The van der Waals surface area contributed by atoms with Crippen LogP contribution in [0.2, 0.25) is 0 Å². The number of methoxy groups -OCH3 is 1. The van der Waals surface area contributed by atoms with Crippen molar-refractivity contribution >= 4 is 11.8 Å². The van der Waals surface area contributed by atoms with Crippen molar-refractivity contribution in [3.05, 3.63) is 0 Å². The van der Waals surface area contributed by atoms with Gasteiger partial charge in [0, 0.05) is 51.8 Å². The number of amides is 2. The van der Waals surface area contributed by atoms with E-state index in [0.29, 0.717) is 63.1 Å². The van der Waals surface area contributed by atoms with E-state index in [1.807, 2.05) is 4.90 Å². The lowest BCUT2D eigenvalue weighted by Gasteiger charge is -2.25. The van der Waals surface area contributed by atoms with Crippen LogP contribution in [0.3, 0.4) is 0 Å². The van der Waals surface area contributed by atoms with E-state index >= 15 is 0 Å². The minimum absolute atomic E-state index is 0.0923. The lowest BCUT2D eigenvalue weighted by molar-refractivity contribution is -0.129. The summed E-state index contributed by atoms with van der Waals surface area (Å²) < 4.78 is 10.5. The van der Waals surface area contributed by atoms with Gasteiger partial charge in [-0.3, -0.25) is 9.59 Å². The molecule has 1 N–H and O–H groups in total. The third kappa shape index (κ3) is 3.59. The quantitative estimate of drug-likeness (QED) is 0.786. The van der Waals surface area contributed by atoms with Crippen molar-refractivity contribution in [2.24, 2.45) is 23.7 Å². The number of carbonyl (C=O) groups excluding carboxylic acids is 2. The first-order valence-electron chi connectivity index (χ1n) is 9.25. The number of fused-ring (bicyclic) bond motifs is 1. The first-order chi connectivity index (χ1) is 11.6. The van der Waals surface area contributed by atoms with Crippen LogP contribution in [0.5, 0.6) is 0 Å². The van der Waals surface area contributed by atoms with Crippen molar-refractivity contribution in [1.29, 1.82) is 0 Å². The first kappa shape index (κ1) is 17.7. The Balaban J connectivity index is 1.54. The molecule has 3 aliphatic rings. The highest BCUT2D eigenvalue weighted by Gasteiger charge is 2.50. The molecule has 0 bridgehead atoms. The van der Waals surface area contributed by atoms with E-state index in [9.17, 15) is 9.59 Å². The molecule has 0 unspecified atom stereocenters. The van der Waals surface area contributed by atoms with Crippen LogP contribution < -0.4 is 5.32 Å². The number of nitrogens with zero attached hydrogens (tertiary/aromatic N) is 1. The Morgan fingerprint density at radius 1 is 1.38 bits per heavy atom. The van der Waals surface area contributed by atoms with Crippen LogP contribution in [0.4, 0.5) is 0 Å². The number of ether oxygens (including phenoxy) is 2. The zero-order valence-corrected chi connectivity index (χ0v) is 14.8. The minimum atomic E-state index is 0.0923. The first-order valence-corrected chi connectivity index (χ1v) is 9.25. The van der Waals surface area contributed by atoms with Crippen molar-refractivity contribution in [1.82, 2.24) is 10.2 Å². The van der Waals surface area contributed by atoms with Crippen molar-refractivity contribution in [3.63, 3.8) is 0 Å². The fraction of sp³-hybridized carbons (Fsp3) is 0.889. The monoisotopic (exact) mass is 338 g/mol. The summed E-state index contributed by atoms with van der Waals surface area (Å²) >= 11 is 0. The van der Waals surface area contributed by atoms with Gasteiger partial charge in [-0.2, -0.15) is 0 Å². The van der Waals surface area contributed by atoms with Crippen molar-refractivity contribution in [2.45, 2.75) is 38.6 Å². The van der Waals surface area contributed by atoms with Crippen LogP contribution in [0, 0.1) is 23.7 Å². The molecule has 6 nitrogen and oxygen atoms in total. The maximum absolute atomic E-state index is 12.4. The molecule has 0 spiro atoms. The molecule has 3 rings (SSSR count). The smallest absolute Gasteiger partial charge is 0.223 e. The van der Waals surface area contributed by atoms with E-state index in [2.05, 4.69) is 12.2 Å². The number of hydrogen-bond donors (Lipinski definition) is 1. The molecule has 0 aromatic carbocycles. The van der Waals surface area contributed by atoms with Gasteiger partial charge in [-0.05, 0) is 37.0 Å². The lowest BCUT2D eigenvalue weighted by Crippen LogP contribution is -2.39. The summed E-state index contributed by atoms with van der Waals surface area (Å²) in [5, 5.41) is 3.16. The number of hydrogen-bond acceptors (Lipinski definition) is 4. The van der Waals surface area contributed by atoms with E-state index in [1.54, 1.807) is 7.11 Å². The molecule has 2 saturated heterocycles. The summed E-state index contributed by atoms with van der Waals surface area (Å²) in [4.78, 5) is 26.7. The highest BCUT2D eigenvalue weighted by atomic mass is 16.5. The van der Waals surface area contributed by atoms with Gasteiger partial charge in [0.15, 0.2) is 0 Å². The summed E-state index contributed by atoms with van der Waals surface area (Å²) in [5.41, 5.74) is 0. The molecular formula is C18H30N2O4. The Bertz CT molecular complexity index is 464. The van der Waals surface area contributed by atoms with Crippen molar-refractivity contribution in [3.8, 4) is 0 Å². The average Bonchev–Trinajstić information content (AvgIpc) is 3.05. The third-order valence-electron chi connectivity index (χ3n) is 6.16. The molecule has 2 heterocycles. The van der Waals surface area contributed by atoms with Crippen LogP contribution in [0.1, 0.15) is 32.6 Å². The maximum Gasteiger partial charge on any atom is 0.223 e. The van der Waals surface area contributed by atoms with Gasteiger partial charge in [0.1, 0.15) is 0 Å². The van der Waals surface area contributed by atoms with Crippen LogP contribution in [-0.4, -0.2) is 62.8 Å². The standard InChI is InChI=1S/C18H30N2O4/c1-12-9-16-14(10-17(21)20(16)5-8-23-2)15(12)11-19-18(22)13-3-6-24-7-4-13/h12-16H,3-11H2,1-2H3,(H,19,22)/t12-,14-,15+,16+/m0/s1. The molecule has 0 aromatic heterocycles. The second-order valence-corrected chi connectivity index (χ2v) is 7.52. The largest absolute Gasteiger partial charge is 0.383 e. The Morgan fingerprint density at radius 2 is 2.12 bits per heavy atom. The molecule has 2 amide bonds. The Labute approximate surface area is 144 Å². The van der Waals surface area contributed by atoms with Crippen LogP contribution in [0.15, 0.2) is 0 Å². The number of likely N-dealkylation sites (tertiary alicyclic amines) is 1. The van der Waals surface area contributed by atoms with Crippen LogP contribution in [0.25, 0.3) is 0 Å². The molecule has 2 aliphatic heterocycles. The molecule has 1 aliphatic carbocycles. The fourth-order valence-corrected chi connectivity index (χ4v) is 4.74. The summed E-state index contributed by atoms with van der Waals surface area (Å²) in [6, 6.07) is 0.327. The zero-order valence-electron chi connectivity index (χ0n) is 14.8. The van der Waals surface area contributed by atoms with Gasteiger partial charge in [0.25, 0.3) is 0 Å². The maximum atomic E-state index is 12.4. The number of carbonyl (C=O) groups is 2. The summed E-state index contributed by atoms with van der Waals surface area (Å²) in [7, 11) is 1.67. The van der Waals surface area contributed by atoms with E-state index in [4.69, 9.17) is 9.47 Å². The molecule has 0 radical (unpaired) electrons. The normalized spacial score (nSPS) is 33.8. The van der Waals surface area contributed by atoms with Crippen molar-refractivity contribution < 1.29 is 19.1 Å². The SMILES string of the molecule is COCCN1C(=O)C[C@H]2[C@H](CNC(=O)C3CCOCC3)[C@@H](C)C[C@H]21. The minimum Gasteiger partial charge on any atom is -0.383 e. The Morgan fingerprint density at radius 3 is 2.83 bits per heavy atom. The zero-order chi connectivity index (χ0) is 17.1. The molecule has 1 saturated carbocycles. The Hall–Kier alpha value is -1.14. The molecule has 136 valence electrons. The molecule has 24 heavy (non-hydrogen) atoms. The lowest BCUT2D eigenvalue weighted by atomic mass is 9.88. The Kier molecular flexibility index (Phi) is 5.76. The van der Waals surface area contributed by atoms with E-state index < -0.39 is 0 Å². The highest BCUT2D eigenvalue weighted by molar-refractivity contribution is 5.80. The van der Waals surface area contributed by atoms with Gasteiger partial charge in [-0.1, -0.05) is 6.92 Å². The van der Waals surface area contributed by atoms with Crippen LogP contribution >= 0.6 is 0 Å². The molecule has 4 atom stereocenters. The van der Waals surface area contributed by atoms with Gasteiger partial charge in [0.2, 0.25) is 11.8 Å². The second-order valence-electron chi connectivity index (χ2n) is 7.52. The molecule has 3 fully saturated rings. The van der Waals surface area contributed by atoms with E-state index in [0.717, 1.165) is 19.3 Å². The number of rotatable bonds is 6. The van der Waals surface area contributed by atoms with Gasteiger partial charge in [0.05, 0.1) is 6.61 Å². The average molecular weight is 338 g/mol. The van der Waals surface area contributed by atoms with E-state index in [-0.39, 0.29) is 17.7 Å². The summed E-state index contributed by atoms with van der Waals surface area (Å²) in [5.74, 6) is 1.81. The molecular weight excluding hydrogens is 308 g/mol. The summed E-state index contributed by atoms with van der Waals surface area (Å²) in [6.45, 7) is 5.60. The molecule has 6 heteroatoms. The topological polar surface area (TPSA) is 67.9 Å². The number of nitrogens with one attached hydrogen (secondary N) is 1. The predicted octanol–water partition coefficient (Wildman–Crippen LogP) is 1.05. The second kappa shape index (κ2) is 7.83. The van der Waals surface area contributed by atoms with Crippen LogP contribution in [-0.2, 0) is 19.1 Å². The predicted molar refractivity (Wildman–Crippen MR) is 89.3 cm³/mol. The summed E-state index contributed by atoms with van der Waals surface area (Å²) in [6.07, 6.45) is 3.30. The van der Waals surface area contributed by atoms with Gasteiger partial charge >= 0.3 is 0 Å². The van der Waals surface area contributed by atoms with Gasteiger partial charge in [-0.15, -0.1) is 0 Å². The van der Waals surface area contributed by atoms with Crippen molar-refractivity contribution in [2.75, 3.05) is 40.0 Å². The molecule has 0 aromatic rings. The highest BCUT2D eigenvalue weighted by Crippen LogP contribution is 2.45. The van der Waals surface area contributed by atoms with Gasteiger partial charge in [-0.25, -0.2) is 0 Å². The third-order valence-corrected chi connectivity index (χ3v) is 6.16.